The van der Waals surface area contributed by atoms with Crippen LogP contribution in [-0.4, -0.2) is 187 Å². The van der Waals surface area contributed by atoms with Gasteiger partial charge in [-0.25, -0.2) is 18.2 Å². The lowest BCUT2D eigenvalue weighted by Crippen LogP contribution is -2.59. The topological polar surface area (TPSA) is 239 Å². The Hall–Kier alpha value is -7.98. The highest BCUT2D eigenvalue weighted by atomic mass is 32.1. The first-order chi connectivity index (χ1) is 46.1. The average Bonchev–Trinajstić information content (AvgIpc) is 0.929. The first-order valence-corrected chi connectivity index (χ1v) is 35.0. The Morgan fingerprint density at radius 2 is 1.53 bits per heavy atom. The Balaban J connectivity index is 0.579. The number of nitrogens with zero attached hydrogens (tertiary/aromatic N) is 9. The van der Waals surface area contributed by atoms with Gasteiger partial charge in [0.05, 0.1) is 45.6 Å². The molecular weight excluding hydrogens is 1250 g/mol. The smallest absolute Gasteiger partial charge is 0.319 e. The van der Waals surface area contributed by atoms with E-state index in [1.54, 1.807) is 37.4 Å². The lowest BCUT2D eigenvalue weighted by molar-refractivity contribution is -0.145. The van der Waals surface area contributed by atoms with Crippen LogP contribution in [0.15, 0.2) is 60.2 Å². The molecule has 2 bridgehead atoms. The number of alkyl halides is 1. The number of unbranched alkanes of at least 4 members (excludes halogenated alkanes) is 7. The van der Waals surface area contributed by atoms with Gasteiger partial charge in [-0.05, 0) is 98.5 Å². The van der Waals surface area contributed by atoms with Crippen molar-refractivity contribution in [1.82, 2.24) is 55.5 Å². The summed E-state index contributed by atoms with van der Waals surface area (Å²) in [4.78, 5) is 98.1. The van der Waals surface area contributed by atoms with Gasteiger partial charge in [-0.15, -0.1) is 17.8 Å². The Bertz CT molecular complexity index is 3910. The van der Waals surface area contributed by atoms with Gasteiger partial charge in [0.25, 0.3) is 5.91 Å². The molecule has 510 valence electrons. The first-order valence-electron chi connectivity index (χ1n) is 34.1. The van der Waals surface area contributed by atoms with Gasteiger partial charge in [0.2, 0.25) is 23.6 Å². The van der Waals surface area contributed by atoms with Crippen LogP contribution in [0.2, 0.25) is 0 Å². The van der Waals surface area contributed by atoms with Crippen LogP contribution in [0.25, 0.3) is 43.4 Å². The summed E-state index contributed by atoms with van der Waals surface area (Å²) in [6, 6.07) is 10.6. The molecule has 6 aliphatic rings. The molecular formula is C72H87F3N12O8S. The first kappa shape index (κ1) is 68.0. The minimum absolute atomic E-state index is 0.0164. The predicted octanol–water partition coefficient (Wildman–Crippen LogP) is 9.06. The summed E-state index contributed by atoms with van der Waals surface area (Å²) in [7, 11) is 0. The fourth-order valence-corrected chi connectivity index (χ4v) is 15.3. The van der Waals surface area contributed by atoms with Gasteiger partial charge < -0.3 is 50.5 Å². The number of carbonyl (C=O) groups excluding carboxylic acids is 5. The fourth-order valence-electron chi connectivity index (χ4n) is 14.5. The van der Waals surface area contributed by atoms with E-state index in [0.29, 0.717) is 74.4 Å². The summed E-state index contributed by atoms with van der Waals surface area (Å²) < 4.78 is 53.6. The molecule has 8 heterocycles. The number of aromatic hydroxyl groups is 1. The number of benzene rings is 3. The highest BCUT2D eigenvalue weighted by Crippen LogP contribution is 2.42. The van der Waals surface area contributed by atoms with Crippen molar-refractivity contribution in [2.75, 3.05) is 70.3 Å². The van der Waals surface area contributed by atoms with Crippen molar-refractivity contribution in [2.45, 2.75) is 179 Å². The number of aryl methyl sites for hydroxylation is 1. The van der Waals surface area contributed by atoms with Crippen LogP contribution >= 0.6 is 11.3 Å². The number of piperazine rings is 2. The number of aliphatic hydroxyl groups is 1. The van der Waals surface area contributed by atoms with E-state index in [1.165, 1.54) is 40.5 Å². The molecule has 3 aromatic carbocycles. The zero-order valence-electron chi connectivity index (χ0n) is 55.2. The standard InChI is InChI=1S/C72H87F3N12O8S/c1-6-52-55(73)23-20-46-33-49(88)34-53(60(46)52)62-61(74)63-54(37-76-62)66(86-38-47-21-22-48(39-86)78-47)82-70(80-63)95-51-24-28-83(41-51)27-14-12-10-8-7-9-11-13-15-58(90)84-29-31-85(32-30-84)59(91)36-56(44-16-18-45(19-17-44)64-43(2)77-42-96-64)79-67(92)57-35-50(89)40-87(57)68(93)65(71(3,4)5)81-69(94)72(75)25-26-72/h1,16-20,23,33-34,37,42,47-48,50-51,56-57,65,78,88-89H,7-15,21-22,24-32,35-36,38-41H2,2-5H3,(H,79,92)(H,81,94)/t47?,48?,50-,51?,56+,57?,65?/m1/s1. The highest BCUT2D eigenvalue weighted by molar-refractivity contribution is 7.13. The van der Waals surface area contributed by atoms with Gasteiger partial charge in [0.15, 0.2) is 11.5 Å². The number of nitrogens with one attached hydrogen (secondary N) is 3. The monoisotopic (exact) mass is 1340 g/mol. The van der Waals surface area contributed by atoms with E-state index in [2.05, 4.69) is 46.6 Å². The van der Waals surface area contributed by atoms with Crippen molar-refractivity contribution >= 4 is 68.4 Å². The molecule has 1 saturated carbocycles. The maximum Gasteiger partial charge on any atom is 0.319 e. The van der Waals surface area contributed by atoms with Crippen molar-refractivity contribution in [3.05, 3.63) is 88.7 Å². The molecule has 1 aliphatic carbocycles. The Labute approximate surface area is 562 Å². The van der Waals surface area contributed by atoms with Crippen molar-refractivity contribution in [2.24, 2.45) is 5.41 Å². The van der Waals surface area contributed by atoms with E-state index in [1.807, 2.05) is 36.1 Å². The number of terminal acetylenes is 1. The molecule has 5 unspecified atom stereocenters. The van der Waals surface area contributed by atoms with Gasteiger partial charge >= 0.3 is 6.01 Å². The summed E-state index contributed by atoms with van der Waals surface area (Å²) in [6.45, 7) is 12.3. The van der Waals surface area contributed by atoms with Crippen molar-refractivity contribution in [1.29, 1.82) is 0 Å². The van der Waals surface area contributed by atoms with Crippen LogP contribution in [0.5, 0.6) is 11.8 Å². The number of hydrogen-bond donors (Lipinski definition) is 5. The van der Waals surface area contributed by atoms with E-state index in [4.69, 9.17) is 16.1 Å². The third-order valence-electron chi connectivity index (χ3n) is 20.1. The van der Waals surface area contributed by atoms with E-state index < -0.39 is 64.7 Å². The van der Waals surface area contributed by atoms with E-state index in [-0.39, 0.29) is 102 Å². The second kappa shape index (κ2) is 29.0. The normalized spacial score (nSPS) is 21.6. The largest absolute Gasteiger partial charge is 0.508 e. The number of ether oxygens (including phenoxy) is 1. The van der Waals surface area contributed by atoms with Gasteiger partial charge in [0, 0.05) is 101 Å². The maximum absolute atomic E-state index is 17.1. The molecule has 5 N–H and O–H groups in total. The second-order valence-corrected chi connectivity index (χ2v) is 29.0. The summed E-state index contributed by atoms with van der Waals surface area (Å²) in [5.41, 5.74) is 1.35. The van der Waals surface area contributed by atoms with Crippen LogP contribution in [0.4, 0.5) is 19.0 Å². The number of rotatable bonds is 24. The number of anilines is 1. The number of likely N-dealkylation sites (tertiary alicyclic amines) is 2. The number of aromatic nitrogens is 4. The SMILES string of the molecule is C#Cc1c(F)ccc2cc(O)cc(-c3ncc4c(N5CC6CCC(C5)N6)nc(OC5CCN(CCCCCCCCCCC(=O)N6CCN(C(=O)C[C@H](NC(=O)C7C[C@@H](O)CN7C(=O)C(NC(=O)C7(F)CC7)C(C)(C)C)c7ccc(-c8scnc8C)cc7)CC6)C5)nc4c3F)c12. The van der Waals surface area contributed by atoms with Crippen LogP contribution in [0.1, 0.15) is 146 Å². The van der Waals surface area contributed by atoms with Gasteiger partial charge in [-0.2, -0.15) is 9.97 Å². The lowest BCUT2D eigenvalue weighted by Gasteiger charge is -2.36. The fraction of sp³-hybridized carbons (Fsp3) is 0.542. The Morgan fingerprint density at radius 3 is 2.20 bits per heavy atom. The zero-order valence-corrected chi connectivity index (χ0v) is 56.0. The summed E-state index contributed by atoms with van der Waals surface area (Å²) in [5.74, 6) is -0.774. The molecule has 0 spiro atoms. The maximum atomic E-state index is 17.1. The van der Waals surface area contributed by atoms with Crippen LogP contribution < -0.4 is 25.6 Å². The second-order valence-electron chi connectivity index (χ2n) is 28.2. The molecule has 12 rings (SSSR count). The van der Waals surface area contributed by atoms with Crippen molar-refractivity contribution < 1.29 is 52.1 Å². The molecule has 6 aromatic rings. The molecule has 5 aliphatic heterocycles. The lowest BCUT2D eigenvalue weighted by atomic mass is 9.85. The van der Waals surface area contributed by atoms with Crippen LogP contribution in [-0.2, 0) is 24.0 Å². The van der Waals surface area contributed by atoms with Crippen molar-refractivity contribution in [3.8, 4) is 45.8 Å². The molecule has 20 nitrogen and oxygen atoms in total. The number of halogens is 3. The van der Waals surface area contributed by atoms with Crippen molar-refractivity contribution in [3.63, 3.8) is 0 Å². The number of pyridine rings is 1. The Morgan fingerprint density at radius 1 is 0.844 bits per heavy atom. The molecule has 96 heavy (non-hydrogen) atoms. The molecule has 24 heteroatoms. The third kappa shape index (κ3) is 15.2. The summed E-state index contributed by atoms with van der Waals surface area (Å²) in [5, 5.41) is 32.0. The number of thiazole rings is 1. The number of fused-ring (bicyclic) bond motifs is 4. The zero-order chi connectivity index (χ0) is 67.6. The Kier molecular flexibility index (Phi) is 20.5. The molecule has 5 amide bonds. The summed E-state index contributed by atoms with van der Waals surface area (Å²) in [6.07, 6.45) is 17.5. The predicted molar refractivity (Wildman–Crippen MR) is 361 cm³/mol. The molecule has 0 radical (unpaired) electrons. The van der Waals surface area contributed by atoms with E-state index in [9.17, 15) is 38.6 Å². The summed E-state index contributed by atoms with van der Waals surface area (Å²) >= 11 is 1.51. The van der Waals surface area contributed by atoms with E-state index in [0.717, 1.165) is 99.9 Å². The number of carbonyl (C=O) groups is 5. The molecule has 5 saturated heterocycles. The minimum Gasteiger partial charge on any atom is -0.508 e. The number of amides is 5. The molecule has 6 fully saturated rings. The van der Waals surface area contributed by atoms with E-state index >= 15 is 8.78 Å². The number of hydrogen-bond acceptors (Lipinski definition) is 16. The number of phenols is 1. The third-order valence-corrected chi connectivity index (χ3v) is 21.1. The number of β-amino-alcohol motifs (C(OH)–C–C–N with tert-alkyl or cyclic N) is 1. The van der Waals surface area contributed by atoms with Crippen LogP contribution in [0.3, 0.4) is 0 Å². The molecule has 3 aromatic heterocycles. The van der Waals surface area contributed by atoms with Gasteiger partial charge in [-0.1, -0.05) is 95.5 Å². The highest BCUT2D eigenvalue weighted by Gasteiger charge is 2.54. The quantitative estimate of drug-likeness (QED) is 0.0281. The van der Waals surface area contributed by atoms with Gasteiger partial charge in [0.1, 0.15) is 46.8 Å². The number of aliphatic hydroxyl groups excluding tert-OH is 1. The van der Waals surface area contributed by atoms with Crippen LogP contribution in [0, 0.1) is 36.3 Å². The molecule has 7 atom stereocenters. The average molecular weight is 1340 g/mol. The number of phenolic OH excluding ortho intramolecular Hbond substituents is 1. The van der Waals surface area contributed by atoms with Gasteiger partial charge in [-0.3, -0.25) is 33.9 Å². The minimum atomic E-state index is -2.02.